The van der Waals surface area contributed by atoms with Gasteiger partial charge in [0.2, 0.25) is 0 Å². The Bertz CT molecular complexity index is 858. The van der Waals surface area contributed by atoms with E-state index in [0.717, 1.165) is 27.3 Å². The van der Waals surface area contributed by atoms with Crippen LogP contribution in [0.2, 0.25) is 0 Å². The van der Waals surface area contributed by atoms with Crippen molar-refractivity contribution in [2.24, 2.45) is 5.10 Å². The molecule has 0 bridgehead atoms. The standard InChI is InChI=1S/C20H18N2OS/c1-24(23)20-10-6-5-9-19(20)17-13-11-16(12-14-17)15-21-22-18-7-3-2-4-8-18/h2-15,22H,1H3. The second-order valence-corrected chi connectivity index (χ2v) is 6.66. The van der Waals surface area contributed by atoms with Crippen molar-refractivity contribution in [2.45, 2.75) is 4.90 Å². The van der Waals surface area contributed by atoms with E-state index < -0.39 is 10.8 Å². The fraction of sp³-hybridized carbons (Fsp3) is 0.0500. The van der Waals surface area contributed by atoms with E-state index in [1.54, 1.807) is 12.5 Å². The molecule has 120 valence electrons. The van der Waals surface area contributed by atoms with Crippen molar-refractivity contribution < 1.29 is 4.21 Å². The van der Waals surface area contributed by atoms with Gasteiger partial charge in [-0.15, -0.1) is 0 Å². The first-order chi connectivity index (χ1) is 11.7. The van der Waals surface area contributed by atoms with Crippen LogP contribution in [0.3, 0.4) is 0 Å². The van der Waals surface area contributed by atoms with Crippen LogP contribution >= 0.6 is 0 Å². The number of nitrogens with one attached hydrogen (secondary N) is 1. The van der Waals surface area contributed by atoms with Gasteiger partial charge in [0.15, 0.2) is 0 Å². The summed E-state index contributed by atoms with van der Waals surface area (Å²) in [6.45, 7) is 0. The molecule has 0 heterocycles. The maximum atomic E-state index is 11.9. The molecule has 0 radical (unpaired) electrons. The Morgan fingerprint density at radius 3 is 2.25 bits per heavy atom. The third-order valence-corrected chi connectivity index (χ3v) is 4.57. The molecule has 3 aromatic rings. The Labute approximate surface area is 144 Å². The fourth-order valence-electron chi connectivity index (χ4n) is 2.40. The second-order valence-electron chi connectivity index (χ2n) is 5.31. The lowest BCUT2D eigenvalue weighted by molar-refractivity contribution is 0.687. The maximum absolute atomic E-state index is 11.9. The lowest BCUT2D eigenvalue weighted by atomic mass is 10.0. The molecule has 0 fully saturated rings. The second kappa shape index (κ2) is 7.70. The van der Waals surface area contributed by atoms with E-state index in [4.69, 9.17) is 0 Å². The van der Waals surface area contributed by atoms with Gasteiger partial charge in [-0.2, -0.15) is 5.10 Å². The average Bonchev–Trinajstić information content (AvgIpc) is 2.63. The highest BCUT2D eigenvalue weighted by molar-refractivity contribution is 7.84. The van der Waals surface area contributed by atoms with Crippen LogP contribution in [0.15, 0.2) is 88.9 Å². The van der Waals surface area contributed by atoms with Crippen molar-refractivity contribution in [3.63, 3.8) is 0 Å². The van der Waals surface area contributed by atoms with Gasteiger partial charge in [0.1, 0.15) is 0 Å². The summed E-state index contributed by atoms with van der Waals surface area (Å²) in [6, 6.07) is 25.6. The van der Waals surface area contributed by atoms with Gasteiger partial charge in [0.25, 0.3) is 0 Å². The van der Waals surface area contributed by atoms with Crippen molar-refractivity contribution in [3.8, 4) is 11.1 Å². The van der Waals surface area contributed by atoms with E-state index in [-0.39, 0.29) is 0 Å². The third kappa shape index (κ3) is 3.97. The van der Waals surface area contributed by atoms with Crippen LogP contribution in [-0.4, -0.2) is 16.7 Å². The number of hydrogen-bond acceptors (Lipinski definition) is 3. The zero-order valence-corrected chi connectivity index (χ0v) is 14.2. The topological polar surface area (TPSA) is 41.5 Å². The molecule has 4 heteroatoms. The van der Waals surface area contributed by atoms with Crippen LogP contribution in [-0.2, 0) is 10.8 Å². The number of para-hydroxylation sites is 1. The summed E-state index contributed by atoms with van der Waals surface area (Å²) < 4.78 is 11.9. The molecule has 0 aliphatic carbocycles. The number of rotatable bonds is 5. The van der Waals surface area contributed by atoms with Crippen molar-refractivity contribution in [2.75, 3.05) is 11.7 Å². The van der Waals surface area contributed by atoms with E-state index in [9.17, 15) is 4.21 Å². The normalized spacial score (nSPS) is 12.2. The Hall–Kier alpha value is -2.72. The number of benzene rings is 3. The predicted molar refractivity (Wildman–Crippen MR) is 102 cm³/mol. The van der Waals surface area contributed by atoms with Crippen molar-refractivity contribution >= 4 is 22.7 Å². The molecule has 3 nitrogen and oxygen atoms in total. The van der Waals surface area contributed by atoms with E-state index in [1.165, 1.54) is 0 Å². The summed E-state index contributed by atoms with van der Waals surface area (Å²) in [5.74, 6) is 0. The molecule has 0 saturated carbocycles. The quantitative estimate of drug-likeness (QED) is 0.550. The maximum Gasteiger partial charge on any atom is 0.0561 e. The lowest BCUT2D eigenvalue weighted by Gasteiger charge is -2.07. The minimum atomic E-state index is -1.01. The first-order valence-electron chi connectivity index (χ1n) is 7.61. The third-order valence-electron chi connectivity index (χ3n) is 3.60. The highest BCUT2D eigenvalue weighted by Crippen LogP contribution is 2.25. The summed E-state index contributed by atoms with van der Waals surface area (Å²) in [5.41, 5.74) is 6.99. The molecule has 0 aromatic heterocycles. The van der Waals surface area contributed by atoms with Gasteiger partial charge in [-0.1, -0.05) is 60.7 Å². The van der Waals surface area contributed by atoms with Crippen LogP contribution in [0.5, 0.6) is 0 Å². The molecule has 0 aliphatic heterocycles. The van der Waals surface area contributed by atoms with Gasteiger partial charge in [0.05, 0.1) is 22.7 Å². The van der Waals surface area contributed by atoms with Crippen LogP contribution < -0.4 is 5.43 Å². The Morgan fingerprint density at radius 1 is 0.875 bits per heavy atom. The summed E-state index contributed by atoms with van der Waals surface area (Å²) >= 11 is 0. The predicted octanol–water partition coefficient (Wildman–Crippen LogP) is 4.54. The molecule has 0 spiro atoms. The highest BCUT2D eigenvalue weighted by Gasteiger charge is 2.07. The zero-order valence-electron chi connectivity index (χ0n) is 13.3. The Kier molecular flexibility index (Phi) is 5.18. The van der Waals surface area contributed by atoms with Gasteiger partial charge in [-0.25, -0.2) is 0 Å². The van der Waals surface area contributed by atoms with Crippen molar-refractivity contribution in [1.29, 1.82) is 0 Å². The molecule has 0 amide bonds. The number of hydrogen-bond donors (Lipinski definition) is 1. The summed E-state index contributed by atoms with van der Waals surface area (Å²) in [4.78, 5) is 0.852. The van der Waals surface area contributed by atoms with Crippen LogP contribution in [0.1, 0.15) is 5.56 Å². The van der Waals surface area contributed by atoms with Gasteiger partial charge < -0.3 is 0 Å². The molecular formula is C20H18N2OS. The first kappa shape index (κ1) is 16.1. The van der Waals surface area contributed by atoms with Gasteiger partial charge >= 0.3 is 0 Å². The summed E-state index contributed by atoms with van der Waals surface area (Å²) in [7, 11) is -1.01. The average molecular weight is 334 g/mol. The first-order valence-corrected chi connectivity index (χ1v) is 9.17. The molecular weight excluding hydrogens is 316 g/mol. The summed E-state index contributed by atoms with van der Waals surface area (Å²) in [5, 5.41) is 4.24. The van der Waals surface area contributed by atoms with Gasteiger partial charge in [-0.3, -0.25) is 9.63 Å². The van der Waals surface area contributed by atoms with E-state index in [1.807, 2.05) is 78.9 Å². The fourth-order valence-corrected chi connectivity index (χ4v) is 3.16. The van der Waals surface area contributed by atoms with Gasteiger partial charge in [0, 0.05) is 11.2 Å². The van der Waals surface area contributed by atoms with Crippen LogP contribution in [0.4, 0.5) is 5.69 Å². The zero-order chi connectivity index (χ0) is 16.8. The Balaban J connectivity index is 1.75. The lowest BCUT2D eigenvalue weighted by Crippen LogP contribution is -1.93. The molecule has 0 saturated heterocycles. The monoisotopic (exact) mass is 334 g/mol. The number of anilines is 1. The molecule has 3 rings (SSSR count). The molecule has 3 aromatic carbocycles. The SMILES string of the molecule is CS(=O)c1ccccc1-c1ccc(C=NNc2ccccc2)cc1. The number of hydrazone groups is 1. The largest absolute Gasteiger partial charge is 0.279 e. The van der Waals surface area contributed by atoms with Crippen molar-refractivity contribution in [1.82, 2.24) is 0 Å². The molecule has 1 N–H and O–H groups in total. The molecule has 1 unspecified atom stereocenters. The van der Waals surface area contributed by atoms with Crippen LogP contribution in [0.25, 0.3) is 11.1 Å². The number of nitrogens with zero attached hydrogens (tertiary/aromatic N) is 1. The van der Waals surface area contributed by atoms with Gasteiger partial charge in [-0.05, 0) is 34.9 Å². The minimum absolute atomic E-state index is 0.852. The molecule has 1 atom stereocenters. The summed E-state index contributed by atoms with van der Waals surface area (Å²) in [6.07, 6.45) is 3.48. The Morgan fingerprint density at radius 2 is 1.54 bits per heavy atom. The molecule has 0 aliphatic rings. The molecule has 24 heavy (non-hydrogen) atoms. The van der Waals surface area contributed by atoms with E-state index in [0.29, 0.717) is 0 Å². The van der Waals surface area contributed by atoms with E-state index >= 15 is 0 Å². The highest BCUT2D eigenvalue weighted by atomic mass is 32.2. The van der Waals surface area contributed by atoms with Crippen LogP contribution in [0, 0.1) is 0 Å². The van der Waals surface area contributed by atoms with E-state index in [2.05, 4.69) is 10.5 Å². The smallest absolute Gasteiger partial charge is 0.0561 e. The van der Waals surface area contributed by atoms with Crippen molar-refractivity contribution in [3.05, 3.63) is 84.4 Å². The minimum Gasteiger partial charge on any atom is -0.279 e.